The Morgan fingerprint density at radius 2 is 2.14 bits per heavy atom. The largest absolute Gasteiger partial charge is 0.444 e. The van der Waals surface area contributed by atoms with Crippen LogP contribution in [0, 0.1) is 0 Å². The van der Waals surface area contributed by atoms with Gasteiger partial charge in [0, 0.05) is 25.2 Å². The second-order valence-electron chi connectivity index (χ2n) is 6.36. The molecule has 1 aliphatic rings. The topological polar surface area (TPSA) is 97.5 Å². The first kappa shape index (κ1) is 16.2. The lowest BCUT2D eigenvalue weighted by atomic mass is 10.0. The average molecular weight is 306 g/mol. The number of amides is 2. The molecule has 0 spiro atoms. The van der Waals surface area contributed by atoms with E-state index in [1.807, 2.05) is 32.3 Å². The summed E-state index contributed by atoms with van der Waals surface area (Å²) in [6, 6.07) is 3.48. The van der Waals surface area contributed by atoms with Crippen LogP contribution in [0.3, 0.4) is 0 Å². The maximum absolute atomic E-state index is 12.0. The number of likely N-dealkylation sites (tertiary alicyclic amines) is 1. The second kappa shape index (κ2) is 6.31. The van der Waals surface area contributed by atoms with Crippen LogP contribution < -0.4 is 11.3 Å². The maximum Gasteiger partial charge on any atom is 0.410 e. The lowest BCUT2D eigenvalue weighted by Gasteiger charge is -2.24. The van der Waals surface area contributed by atoms with Crippen LogP contribution in [-0.4, -0.2) is 40.6 Å². The number of nitrogens with one attached hydrogen (secondary N) is 1. The molecule has 1 aromatic rings. The van der Waals surface area contributed by atoms with Gasteiger partial charge in [0.25, 0.3) is 5.91 Å². The molecule has 22 heavy (non-hydrogen) atoms. The van der Waals surface area contributed by atoms with Gasteiger partial charge < -0.3 is 9.64 Å². The van der Waals surface area contributed by atoms with Crippen molar-refractivity contribution >= 4 is 12.0 Å². The number of carbonyl (C=O) groups excluding carboxylic acids is 2. The molecule has 2 heterocycles. The highest BCUT2D eigenvalue weighted by Gasteiger charge is 2.30. The summed E-state index contributed by atoms with van der Waals surface area (Å²) in [5.74, 6) is 4.85. The third kappa shape index (κ3) is 3.94. The third-order valence-electron chi connectivity index (χ3n) is 3.46. The predicted molar refractivity (Wildman–Crippen MR) is 81.1 cm³/mol. The molecule has 120 valence electrons. The molecule has 1 aromatic heterocycles. The third-order valence-corrected chi connectivity index (χ3v) is 3.46. The average Bonchev–Trinajstić information content (AvgIpc) is 2.95. The van der Waals surface area contributed by atoms with Crippen LogP contribution in [0.15, 0.2) is 18.3 Å². The van der Waals surface area contributed by atoms with Crippen molar-refractivity contribution in [3.63, 3.8) is 0 Å². The number of ether oxygens (including phenoxy) is 1. The summed E-state index contributed by atoms with van der Waals surface area (Å²) in [7, 11) is 0. The summed E-state index contributed by atoms with van der Waals surface area (Å²) in [5, 5.41) is 0. The molecule has 1 saturated heterocycles. The minimum Gasteiger partial charge on any atom is -0.444 e. The summed E-state index contributed by atoms with van der Waals surface area (Å²) in [6.07, 6.45) is 2.22. The second-order valence-corrected chi connectivity index (χ2v) is 6.36. The van der Waals surface area contributed by atoms with Gasteiger partial charge in [-0.2, -0.15) is 0 Å². The van der Waals surface area contributed by atoms with Gasteiger partial charge in [0.15, 0.2) is 0 Å². The number of hydrogen-bond donors (Lipinski definition) is 2. The highest BCUT2D eigenvalue weighted by Crippen LogP contribution is 2.27. The minimum absolute atomic E-state index is 0.204. The Bertz CT molecular complexity index is 551. The lowest BCUT2D eigenvalue weighted by Crippen LogP contribution is -2.35. The van der Waals surface area contributed by atoms with Crippen molar-refractivity contribution in [2.24, 2.45) is 5.84 Å². The van der Waals surface area contributed by atoms with Crippen LogP contribution in [0.5, 0.6) is 0 Å². The SMILES string of the molecule is CC(C)(C)OC(=O)N1CCC(c2ccc(C(=O)NN)nc2)C1. The normalized spacial score (nSPS) is 18.2. The molecular formula is C15H22N4O3. The van der Waals surface area contributed by atoms with E-state index in [0.29, 0.717) is 13.1 Å². The number of nitrogens with zero attached hydrogens (tertiary/aromatic N) is 2. The molecule has 1 atom stereocenters. The van der Waals surface area contributed by atoms with Gasteiger partial charge in [0.1, 0.15) is 11.3 Å². The van der Waals surface area contributed by atoms with Crippen LogP contribution >= 0.6 is 0 Å². The van der Waals surface area contributed by atoms with Crippen molar-refractivity contribution in [1.82, 2.24) is 15.3 Å². The van der Waals surface area contributed by atoms with Crippen LogP contribution in [-0.2, 0) is 4.74 Å². The molecule has 0 saturated carbocycles. The monoisotopic (exact) mass is 306 g/mol. The Hall–Kier alpha value is -2.15. The minimum atomic E-state index is -0.492. The fourth-order valence-corrected chi connectivity index (χ4v) is 2.38. The first-order chi connectivity index (χ1) is 10.3. The van der Waals surface area contributed by atoms with Crippen molar-refractivity contribution in [2.45, 2.75) is 38.7 Å². The molecule has 0 aromatic carbocycles. The van der Waals surface area contributed by atoms with Crippen LogP contribution in [0.1, 0.15) is 49.2 Å². The van der Waals surface area contributed by atoms with E-state index in [2.05, 4.69) is 4.98 Å². The molecule has 0 radical (unpaired) electrons. The molecule has 0 bridgehead atoms. The van der Waals surface area contributed by atoms with Gasteiger partial charge in [0.2, 0.25) is 0 Å². The number of pyridine rings is 1. The Balaban J connectivity index is 1.98. The van der Waals surface area contributed by atoms with Crippen molar-refractivity contribution in [1.29, 1.82) is 0 Å². The van der Waals surface area contributed by atoms with Gasteiger partial charge in [-0.1, -0.05) is 6.07 Å². The molecule has 2 rings (SSSR count). The Labute approximate surface area is 129 Å². The summed E-state index contributed by atoms with van der Waals surface area (Å²) in [4.78, 5) is 29.2. The van der Waals surface area contributed by atoms with Gasteiger partial charge in [-0.3, -0.25) is 15.2 Å². The number of hydrazine groups is 1. The molecule has 7 nitrogen and oxygen atoms in total. The van der Waals surface area contributed by atoms with E-state index in [1.165, 1.54) is 0 Å². The maximum atomic E-state index is 12.0. The Morgan fingerprint density at radius 1 is 1.41 bits per heavy atom. The Kier molecular flexibility index (Phi) is 4.65. The fourth-order valence-electron chi connectivity index (χ4n) is 2.38. The first-order valence-corrected chi connectivity index (χ1v) is 7.25. The molecule has 1 aliphatic heterocycles. The van der Waals surface area contributed by atoms with E-state index in [1.54, 1.807) is 17.2 Å². The predicted octanol–water partition coefficient (Wildman–Crippen LogP) is 1.41. The molecule has 1 unspecified atom stereocenters. The lowest BCUT2D eigenvalue weighted by molar-refractivity contribution is 0.0292. The van der Waals surface area contributed by atoms with Crippen LogP contribution in [0.25, 0.3) is 0 Å². The van der Waals surface area contributed by atoms with Crippen molar-refractivity contribution in [3.8, 4) is 0 Å². The van der Waals surface area contributed by atoms with E-state index in [0.717, 1.165) is 12.0 Å². The number of carbonyl (C=O) groups is 2. The number of nitrogens with two attached hydrogens (primary N) is 1. The fraction of sp³-hybridized carbons (Fsp3) is 0.533. The zero-order valence-electron chi connectivity index (χ0n) is 13.1. The van der Waals surface area contributed by atoms with Gasteiger partial charge in [0.05, 0.1) is 0 Å². The van der Waals surface area contributed by atoms with E-state index in [9.17, 15) is 9.59 Å². The van der Waals surface area contributed by atoms with Crippen molar-refractivity contribution < 1.29 is 14.3 Å². The smallest absolute Gasteiger partial charge is 0.410 e. The number of nitrogen functional groups attached to an aromatic ring is 1. The molecular weight excluding hydrogens is 284 g/mol. The summed E-state index contributed by atoms with van der Waals surface area (Å²) >= 11 is 0. The zero-order chi connectivity index (χ0) is 16.3. The summed E-state index contributed by atoms with van der Waals surface area (Å²) < 4.78 is 5.38. The quantitative estimate of drug-likeness (QED) is 0.489. The highest BCUT2D eigenvalue weighted by molar-refractivity contribution is 5.91. The number of hydrogen-bond acceptors (Lipinski definition) is 5. The van der Waals surface area contributed by atoms with Gasteiger partial charge >= 0.3 is 6.09 Å². The molecule has 2 amide bonds. The van der Waals surface area contributed by atoms with E-state index < -0.39 is 11.5 Å². The molecule has 1 fully saturated rings. The van der Waals surface area contributed by atoms with Gasteiger partial charge in [-0.15, -0.1) is 0 Å². The van der Waals surface area contributed by atoms with Crippen LogP contribution in [0.4, 0.5) is 4.79 Å². The summed E-state index contributed by atoms with van der Waals surface area (Å²) in [6.45, 7) is 6.81. The summed E-state index contributed by atoms with van der Waals surface area (Å²) in [5.41, 5.74) is 2.82. The van der Waals surface area contributed by atoms with Crippen LogP contribution in [0.2, 0.25) is 0 Å². The van der Waals surface area contributed by atoms with E-state index in [-0.39, 0.29) is 17.7 Å². The molecule has 7 heteroatoms. The van der Waals surface area contributed by atoms with Gasteiger partial charge in [-0.25, -0.2) is 10.6 Å². The number of aromatic nitrogens is 1. The number of rotatable bonds is 2. The van der Waals surface area contributed by atoms with Crippen molar-refractivity contribution in [3.05, 3.63) is 29.6 Å². The Morgan fingerprint density at radius 3 is 2.68 bits per heavy atom. The standard InChI is InChI=1S/C15H22N4O3/c1-15(2,3)22-14(21)19-7-6-11(9-19)10-4-5-12(17-8-10)13(20)18-16/h4-5,8,11H,6-7,9,16H2,1-3H3,(H,18,20). The zero-order valence-corrected chi connectivity index (χ0v) is 13.1. The van der Waals surface area contributed by atoms with Gasteiger partial charge in [-0.05, 0) is 38.8 Å². The first-order valence-electron chi connectivity index (χ1n) is 7.25. The molecule has 3 N–H and O–H groups in total. The van der Waals surface area contributed by atoms with E-state index in [4.69, 9.17) is 10.6 Å². The molecule has 0 aliphatic carbocycles. The highest BCUT2D eigenvalue weighted by atomic mass is 16.6. The van der Waals surface area contributed by atoms with E-state index >= 15 is 0 Å². The van der Waals surface area contributed by atoms with Crippen molar-refractivity contribution in [2.75, 3.05) is 13.1 Å².